The zero-order valence-corrected chi connectivity index (χ0v) is 10.6. The summed E-state index contributed by atoms with van der Waals surface area (Å²) in [6.07, 6.45) is 6.24. The number of aromatic nitrogens is 2. The van der Waals surface area contributed by atoms with Gasteiger partial charge in [0.25, 0.3) is 0 Å². The van der Waals surface area contributed by atoms with Gasteiger partial charge in [0, 0.05) is 13.2 Å². The van der Waals surface area contributed by atoms with Gasteiger partial charge in [-0.2, -0.15) is 10.4 Å². The van der Waals surface area contributed by atoms with Crippen molar-refractivity contribution in [2.24, 2.45) is 12.5 Å². The Balaban J connectivity index is 1.96. The molecule has 1 aliphatic rings. The Labute approximate surface area is 107 Å². The summed E-state index contributed by atoms with van der Waals surface area (Å²) in [7, 11) is 1.84. The van der Waals surface area contributed by atoms with Crippen molar-refractivity contribution in [2.45, 2.75) is 38.6 Å². The van der Waals surface area contributed by atoms with E-state index >= 15 is 0 Å². The molecular weight excluding hydrogens is 228 g/mol. The molecule has 0 atom stereocenters. The van der Waals surface area contributed by atoms with Crippen molar-refractivity contribution in [3.05, 3.63) is 18.0 Å². The Kier molecular flexibility index (Phi) is 3.66. The number of nitrogens with one attached hydrogen (secondary N) is 1. The van der Waals surface area contributed by atoms with E-state index in [0.717, 1.165) is 25.0 Å². The number of nitrogens with zero attached hydrogens (tertiary/aromatic N) is 3. The zero-order chi connectivity index (χ0) is 13.0. The molecule has 18 heavy (non-hydrogen) atoms. The summed E-state index contributed by atoms with van der Waals surface area (Å²) in [6.45, 7) is 0.392. The largest absolute Gasteiger partial charge is 0.349 e. The Morgan fingerprint density at radius 2 is 2.28 bits per heavy atom. The van der Waals surface area contributed by atoms with Crippen LogP contribution in [-0.2, 0) is 18.4 Å². The summed E-state index contributed by atoms with van der Waals surface area (Å²) in [4.78, 5) is 12.2. The van der Waals surface area contributed by atoms with Gasteiger partial charge in [0.1, 0.15) is 5.41 Å². The third-order valence-electron chi connectivity index (χ3n) is 3.55. The molecule has 1 heterocycles. The lowest BCUT2D eigenvalue weighted by molar-refractivity contribution is -0.129. The SMILES string of the molecule is Cn1ccc(CNC(=O)C2(C#N)CCCCC2)n1. The summed E-state index contributed by atoms with van der Waals surface area (Å²) in [5.41, 5.74) is 0.00211. The van der Waals surface area contributed by atoms with E-state index in [-0.39, 0.29) is 5.91 Å². The first-order valence-electron chi connectivity index (χ1n) is 6.34. The molecule has 5 nitrogen and oxygen atoms in total. The fourth-order valence-corrected chi connectivity index (χ4v) is 2.44. The van der Waals surface area contributed by atoms with Gasteiger partial charge in [0.05, 0.1) is 18.3 Å². The number of aryl methyl sites for hydroxylation is 1. The summed E-state index contributed by atoms with van der Waals surface area (Å²) in [6, 6.07) is 4.08. The van der Waals surface area contributed by atoms with Gasteiger partial charge in [-0.15, -0.1) is 0 Å². The van der Waals surface area contributed by atoms with Gasteiger partial charge in [0.15, 0.2) is 0 Å². The molecule has 1 aromatic heterocycles. The maximum absolute atomic E-state index is 12.2. The topological polar surface area (TPSA) is 70.7 Å². The quantitative estimate of drug-likeness (QED) is 0.878. The molecule has 0 saturated heterocycles. The van der Waals surface area contributed by atoms with Crippen LogP contribution in [0.3, 0.4) is 0 Å². The second-order valence-corrected chi connectivity index (χ2v) is 4.92. The Hall–Kier alpha value is -1.83. The van der Waals surface area contributed by atoms with Crippen LogP contribution in [0.2, 0.25) is 0 Å². The first kappa shape index (κ1) is 12.6. The second-order valence-electron chi connectivity index (χ2n) is 4.92. The zero-order valence-electron chi connectivity index (χ0n) is 10.6. The van der Waals surface area contributed by atoms with Gasteiger partial charge in [0.2, 0.25) is 5.91 Å². The molecule has 0 spiro atoms. The van der Waals surface area contributed by atoms with Crippen LogP contribution >= 0.6 is 0 Å². The van der Waals surface area contributed by atoms with E-state index in [1.54, 1.807) is 4.68 Å². The summed E-state index contributed by atoms with van der Waals surface area (Å²) >= 11 is 0. The maximum atomic E-state index is 12.2. The van der Waals surface area contributed by atoms with Crippen LogP contribution in [0.1, 0.15) is 37.8 Å². The molecule has 1 fully saturated rings. The molecule has 0 bridgehead atoms. The van der Waals surface area contributed by atoms with E-state index in [4.69, 9.17) is 0 Å². The van der Waals surface area contributed by atoms with E-state index in [2.05, 4.69) is 16.5 Å². The Bertz CT molecular complexity index is 466. The molecule has 1 saturated carbocycles. The lowest BCUT2D eigenvalue weighted by Gasteiger charge is -2.28. The van der Waals surface area contributed by atoms with Gasteiger partial charge >= 0.3 is 0 Å². The van der Waals surface area contributed by atoms with E-state index in [1.165, 1.54) is 0 Å². The number of nitriles is 1. The number of amides is 1. The van der Waals surface area contributed by atoms with Crippen LogP contribution in [0.15, 0.2) is 12.3 Å². The normalized spacial score (nSPS) is 18.0. The smallest absolute Gasteiger partial charge is 0.240 e. The van der Waals surface area contributed by atoms with E-state index in [9.17, 15) is 10.1 Å². The van der Waals surface area contributed by atoms with Crippen molar-refractivity contribution in [2.75, 3.05) is 0 Å². The monoisotopic (exact) mass is 246 g/mol. The van der Waals surface area contributed by atoms with Gasteiger partial charge in [-0.05, 0) is 18.9 Å². The highest BCUT2D eigenvalue weighted by Crippen LogP contribution is 2.35. The van der Waals surface area contributed by atoms with Crippen LogP contribution in [-0.4, -0.2) is 15.7 Å². The Morgan fingerprint density at radius 1 is 1.56 bits per heavy atom. The molecule has 2 rings (SSSR count). The molecular formula is C13H18N4O. The molecule has 0 aromatic carbocycles. The van der Waals surface area contributed by atoms with Crippen LogP contribution in [0.5, 0.6) is 0 Å². The summed E-state index contributed by atoms with van der Waals surface area (Å²) in [5.74, 6) is -0.143. The highest BCUT2D eigenvalue weighted by atomic mass is 16.2. The molecule has 1 aromatic rings. The van der Waals surface area contributed by atoms with E-state index in [1.807, 2.05) is 19.3 Å². The average molecular weight is 246 g/mol. The maximum Gasteiger partial charge on any atom is 0.240 e. The standard InChI is InChI=1S/C13H18N4O/c1-17-8-5-11(16-17)9-15-12(18)13(10-14)6-3-2-4-7-13/h5,8H,2-4,6-7,9H2,1H3,(H,15,18). The highest BCUT2D eigenvalue weighted by molar-refractivity contribution is 5.85. The van der Waals surface area contributed by atoms with Crippen molar-refractivity contribution in [1.82, 2.24) is 15.1 Å². The van der Waals surface area contributed by atoms with Crippen molar-refractivity contribution < 1.29 is 4.79 Å². The summed E-state index contributed by atoms with van der Waals surface area (Å²) in [5, 5.41) is 16.3. The lowest BCUT2D eigenvalue weighted by Crippen LogP contribution is -2.41. The van der Waals surface area contributed by atoms with Crippen molar-refractivity contribution >= 4 is 5.91 Å². The number of hydrogen-bond acceptors (Lipinski definition) is 3. The molecule has 0 aliphatic heterocycles. The highest BCUT2D eigenvalue weighted by Gasteiger charge is 2.39. The minimum absolute atomic E-state index is 0.143. The first-order valence-corrected chi connectivity index (χ1v) is 6.34. The number of carbonyl (C=O) groups excluding carboxylic acids is 1. The molecule has 1 amide bonds. The molecule has 5 heteroatoms. The van der Waals surface area contributed by atoms with Crippen molar-refractivity contribution in [3.8, 4) is 6.07 Å². The van der Waals surface area contributed by atoms with Crippen LogP contribution < -0.4 is 5.32 Å². The van der Waals surface area contributed by atoms with Crippen molar-refractivity contribution in [3.63, 3.8) is 0 Å². The van der Waals surface area contributed by atoms with Gasteiger partial charge in [-0.1, -0.05) is 19.3 Å². The first-order chi connectivity index (χ1) is 8.66. The molecule has 0 radical (unpaired) electrons. The number of hydrogen-bond donors (Lipinski definition) is 1. The lowest BCUT2D eigenvalue weighted by atomic mass is 9.74. The van der Waals surface area contributed by atoms with Gasteiger partial charge in [-0.25, -0.2) is 0 Å². The molecule has 1 N–H and O–H groups in total. The molecule has 96 valence electrons. The fraction of sp³-hybridized carbons (Fsp3) is 0.615. The Morgan fingerprint density at radius 3 is 2.83 bits per heavy atom. The number of rotatable bonds is 3. The minimum Gasteiger partial charge on any atom is -0.349 e. The van der Waals surface area contributed by atoms with Crippen LogP contribution in [0.4, 0.5) is 0 Å². The van der Waals surface area contributed by atoms with E-state index < -0.39 is 5.41 Å². The minimum atomic E-state index is -0.812. The second kappa shape index (κ2) is 5.21. The van der Waals surface area contributed by atoms with E-state index in [0.29, 0.717) is 19.4 Å². The molecule has 0 unspecified atom stereocenters. The summed E-state index contributed by atoms with van der Waals surface area (Å²) < 4.78 is 1.70. The fourth-order valence-electron chi connectivity index (χ4n) is 2.44. The van der Waals surface area contributed by atoms with Crippen LogP contribution in [0, 0.1) is 16.7 Å². The average Bonchev–Trinajstić information content (AvgIpc) is 2.82. The van der Waals surface area contributed by atoms with Gasteiger partial charge in [-0.3, -0.25) is 9.48 Å². The predicted molar refractivity (Wildman–Crippen MR) is 66.2 cm³/mol. The number of carbonyl (C=O) groups is 1. The van der Waals surface area contributed by atoms with Gasteiger partial charge < -0.3 is 5.32 Å². The third-order valence-corrected chi connectivity index (χ3v) is 3.55. The van der Waals surface area contributed by atoms with Crippen LogP contribution in [0.25, 0.3) is 0 Å². The molecule has 1 aliphatic carbocycles. The van der Waals surface area contributed by atoms with Crippen molar-refractivity contribution in [1.29, 1.82) is 5.26 Å². The predicted octanol–water partition coefficient (Wildman–Crippen LogP) is 1.51. The third kappa shape index (κ3) is 2.53.